The number of rotatable bonds is 4. The van der Waals surface area contributed by atoms with Crippen molar-refractivity contribution < 1.29 is 0 Å². The Morgan fingerprint density at radius 2 is 1.96 bits per heavy atom. The number of nitrogens with zero attached hydrogens (tertiary/aromatic N) is 5. The summed E-state index contributed by atoms with van der Waals surface area (Å²) in [4.78, 5) is 13.5. The summed E-state index contributed by atoms with van der Waals surface area (Å²) in [5.74, 6) is 1.85. The van der Waals surface area contributed by atoms with Crippen molar-refractivity contribution in [3.8, 4) is 0 Å². The van der Waals surface area contributed by atoms with Gasteiger partial charge in [0.25, 0.3) is 0 Å². The van der Waals surface area contributed by atoms with Crippen molar-refractivity contribution in [2.24, 2.45) is 12.0 Å². The summed E-state index contributed by atoms with van der Waals surface area (Å²) in [6, 6.07) is 1.97. The molecule has 2 fully saturated rings. The molecule has 2 N–H and O–H groups in total. The van der Waals surface area contributed by atoms with E-state index in [0.717, 1.165) is 36.2 Å². The summed E-state index contributed by atoms with van der Waals surface area (Å²) in [5, 5.41) is 7.10. The lowest BCUT2D eigenvalue weighted by Crippen LogP contribution is -2.56. The standard InChI is InChI=1S/C18H33N7/c1-19-17(20-11-16-12-21-18(23(2)3)25(16)5)22-13-9-14-7-6-8-15(10-13)24(14)4/h12-15H,6-11H2,1-5H3,(H2,19,20,22). The van der Waals surface area contributed by atoms with Crippen molar-refractivity contribution in [2.75, 3.05) is 33.1 Å². The lowest BCUT2D eigenvalue weighted by Gasteiger charge is -2.47. The first-order chi connectivity index (χ1) is 12.0. The van der Waals surface area contributed by atoms with Crippen LogP contribution < -0.4 is 15.5 Å². The van der Waals surface area contributed by atoms with Crippen molar-refractivity contribution >= 4 is 11.9 Å². The predicted octanol–water partition coefficient (Wildman–Crippen LogP) is 1.17. The molecule has 2 aliphatic heterocycles. The molecule has 2 atom stereocenters. The number of imidazole rings is 1. The fourth-order valence-corrected chi connectivity index (χ4v) is 4.31. The maximum absolute atomic E-state index is 4.46. The Morgan fingerprint density at radius 3 is 2.52 bits per heavy atom. The molecule has 3 heterocycles. The molecule has 0 radical (unpaired) electrons. The van der Waals surface area contributed by atoms with E-state index in [0.29, 0.717) is 6.04 Å². The lowest BCUT2D eigenvalue weighted by molar-refractivity contribution is 0.0526. The van der Waals surface area contributed by atoms with E-state index in [1.165, 1.54) is 32.1 Å². The molecule has 1 aromatic rings. The van der Waals surface area contributed by atoms with E-state index >= 15 is 0 Å². The van der Waals surface area contributed by atoms with Crippen LogP contribution in [0.2, 0.25) is 0 Å². The Bertz CT molecular complexity index is 593. The number of hydrogen-bond acceptors (Lipinski definition) is 4. The molecule has 2 bridgehead atoms. The minimum absolute atomic E-state index is 0.515. The maximum atomic E-state index is 4.46. The summed E-state index contributed by atoms with van der Waals surface area (Å²) in [5.41, 5.74) is 1.15. The number of nitrogens with one attached hydrogen (secondary N) is 2. The lowest BCUT2D eigenvalue weighted by atomic mass is 9.82. The number of aromatic nitrogens is 2. The molecule has 0 aliphatic carbocycles. The number of fused-ring (bicyclic) bond motifs is 2. The molecule has 3 rings (SSSR count). The Morgan fingerprint density at radius 1 is 1.28 bits per heavy atom. The zero-order chi connectivity index (χ0) is 18.0. The van der Waals surface area contributed by atoms with E-state index in [9.17, 15) is 0 Å². The molecule has 7 nitrogen and oxygen atoms in total. The molecule has 2 unspecified atom stereocenters. The molecule has 25 heavy (non-hydrogen) atoms. The third-order valence-electron chi connectivity index (χ3n) is 5.80. The van der Waals surface area contributed by atoms with Crippen LogP contribution in [0.4, 0.5) is 5.95 Å². The topological polar surface area (TPSA) is 60.7 Å². The molecule has 7 heteroatoms. The van der Waals surface area contributed by atoms with Gasteiger partial charge >= 0.3 is 0 Å². The molecule has 0 spiro atoms. The molecule has 1 aromatic heterocycles. The number of piperidine rings is 2. The van der Waals surface area contributed by atoms with E-state index in [1.54, 1.807) is 0 Å². The quantitative estimate of drug-likeness (QED) is 0.632. The van der Waals surface area contributed by atoms with Gasteiger partial charge < -0.3 is 25.0 Å². The smallest absolute Gasteiger partial charge is 0.204 e. The van der Waals surface area contributed by atoms with Crippen molar-refractivity contribution in [1.82, 2.24) is 25.1 Å². The van der Waals surface area contributed by atoms with Crippen LogP contribution in [0.25, 0.3) is 0 Å². The highest BCUT2D eigenvalue weighted by molar-refractivity contribution is 5.79. The van der Waals surface area contributed by atoms with Crippen molar-refractivity contribution in [1.29, 1.82) is 0 Å². The molecular weight excluding hydrogens is 314 g/mol. The van der Waals surface area contributed by atoms with E-state index in [4.69, 9.17) is 0 Å². The Balaban J connectivity index is 1.55. The average Bonchev–Trinajstić information content (AvgIpc) is 2.93. The minimum Gasteiger partial charge on any atom is -0.354 e. The van der Waals surface area contributed by atoms with Gasteiger partial charge in [0, 0.05) is 46.3 Å². The van der Waals surface area contributed by atoms with Gasteiger partial charge in [0.15, 0.2) is 5.96 Å². The first-order valence-electron chi connectivity index (χ1n) is 9.36. The Kier molecular flexibility index (Phi) is 5.51. The molecule has 2 saturated heterocycles. The fraction of sp³-hybridized carbons (Fsp3) is 0.778. The second kappa shape index (κ2) is 7.64. The van der Waals surface area contributed by atoms with Crippen LogP contribution in [0.1, 0.15) is 37.8 Å². The highest BCUT2D eigenvalue weighted by Crippen LogP contribution is 2.32. The van der Waals surface area contributed by atoms with Crippen molar-refractivity contribution in [3.63, 3.8) is 0 Å². The van der Waals surface area contributed by atoms with Crippen LogP contribution in [-0.4, -0.2) is 66.7 Å². The van der Waals surface area contributed by atoms with Gasteiger partial charge in [-0.2, -0.15) is 0 Å². The molecule has 0 aromatic carbocycles. The first-order valence-corrected chi connectivity index (χ1v) is 9.36. The normalized spacial score (nSPS) is 27.2. The zero-order valence-electron chi connectivity index (χ0n) is 16.3. The maximum Gasteiger partial charge on any atom is 0.204 e. The van der Waals surface area contributed by atoms with E-state index in [2.05, 4.69) is 37.1 Å². The van der Waals surface area contributed by atoms with Crippen molar-refractivity contribution in [3.05, 3.63) is 11.9 Å². The van der Waals surface area contributed by atoms with Gasteiger partial charge in [-0.3, -0.25) is 4.99 Å². The van der Waals surface area contributed by atoms with Crippen LogP contribution >= 0.6 is 0 Å². The van der Waals surface area contributed by atoms with Gasteiger partial charge in [0.2, 0.25) is 5.95 Å². The number of aliphatic imine (C=N–C) groups is 1. The molecule has 0 saturated carbocycles. The van der Waals surface area contributed by atoms with Gasteiger partial charge in [-0.15, -0.1) is 0 Å². The minimum atomic E-state index is 0.515. The first kappa shape index (κ1) is 18.0. The van der Waals surface area contributed by atoms with Gasteiger partial charge in [-0.1, -0.05) is 6.42 Å². The van der Waals surface area contributed by atoms with Crippen molar-refractivity contribution in [2.45, 2.75) is 56.8 Å². The second-order valence-electron chi connectivity index (χ2n) is 7.65. The third-order valence-corrected chi connectivity index (χ3v) is 5.80. The molecule has 140 valence electrons. The monoisotopic (exact) mass is 347 g/mol. The van der Waals surface area contributed by atoms with Crippen LogP contribution in [0.15, 0.2) is 11.2 Å². The highest BCUT2D eigenvalue weighted by Gasteiger charge is 2.36. The Labute approximate surface area is 151 Å². The Hall–Kier alpha value is -1.76. The van der Waals surface area contributed by atoms with Gasteiger partial charge in [-0.05, 0) is 32.7 Å². The fourth-order valence-electron chi connectivity index (χ4n) is 4.31. The summed E-state index contributed by atoms with van der Waals surface area (Å²) >= 11 is 0. The van der Waals surface area contributed by atoms with Crippen LogP contribution in [-0.2, 0) is 13.6 Å². The summed E-state index contributed by atoms with van der Waals surface area (Å²) in [6.07, 6.45) is 8.40. The van der Waals surface area contributed by atoms with Gasteiger partial charge in [0.05, 0.1) is 18.4 Å². The average molecular weight is 348 g/mol. The second-order valence-corrected chi connectivity index (χ2v) is 7.65. The van der Waals surface area contributed by atoms with Crippen LogP contribution in [0.3, 0.4) is 0 Å². The largest absolute Gasteiger partial charge is 0.354 e. The third kappa shape index (κ3) is 3.92. The van der Waals surface area contributed by atoms with E-state index in [1.807, 2.05) is 39.3 Å². The van der Waals surface area contributed by atoms with Gasteiger partial charge in [-0.25, -0.2) is 4.98 Å². The van der Waals surface area contributed by atoms with E-state index in [-0.39, 0.29) is 0 Å². The number of anilines is 1. The molecule has 0 amide bonds. The van der Waals surface area contributed by atoms with E-state index < -0.39 is 0 Å². The summed E-state index contributed by atoms with van der Waals surface area (Å²) in [7, 11) is 10.2. The number of guanidine groups is 1. The molecular formula is C18H33N7. The predicted molar refractivity (Wildman–Crippen MR) is 103 cm³/mol. The summed E-state index contributed by atoms with van der Waals surface area (Å²) in [6.45, 7) is 0.719. The van der Waals surface area contributed by atoms with Gasteiger partial charge in [0.1, 0.15) is 0 Å². The number of hydrogen-bond donors (Lipinski definition) is 2. The zero-order valence-corrected chi connectivity index (χ0v) is 16.3. The summed E-state index contributed by atoms with van der Waals surface area (Å²) < 4.78 is 2.11. The SMILES string of the molecule is CN=C(NCc1cnc(N(C)C)n1C)NC1CC2CCCC(C1)N2C. The highest BCUT2D eigenvalue weighted by atomic mass is 15.3. The van der Waals surface area contributed by atoms with Crippen LogP contribution in [0, 0.1) is 0 Å². The van der Waals surface area contributed by atoms with Crippen LogP contribution in [0.5, 0.6) is 0 Å². The molecule has 2 aliphatic rings.